The summed E-state index contributed by atoms with van der Waals surface area (Å²) >= 11 is 3.40. The van der Waals surface area contributed by atoms with Crippen molar-refractivity contribution in [2.75, 3.05) is 0 Å². The van der Waals surface area contributed by atoms with Crippen molar-refractivity contribution in [2.24, 2.45) is 0 Å². The number of benzene rings is 1. The summed E-state index contributed by atoms with van der Waals surface area (Å²) in [6.07, 6.45) is 5.71. The average Bonchev–Trinajstić information content (AvgIpc) is 2.59. The number of rotatable bonds is 4. The van der Waals surface area contributed by atoms with Gasteiger partial charge in [-0.15, -0.1) is 0 Å². The lowest BCUT2D eigenvalue weighted by Gasteiger charge is -2.29. The third-order valence-corrected chi connectivity index (χ3v) is 4.76. The van der Waals surface area contributed by atoms with Gasteiger partial charge in [0.2, 0.25) is 5.88 Å². The van der Waals surface area contributed by atoms with E-state index in [1.165, 1.54) is 0 Å². The highest BCUT2D eigenvalue weighted by molar-refractivity contribution is 9.10. The second kappa shape index (κ2) is 7.79. The summed E-state index contributed by atoms with van der Waals surface area (Å²) in [6, 6.07) is 11.6. The van der Waals surface area contributed by atoms with Crippen LogP contribution in [0.15, 0.2) is 47.1 Å². The van der Waals surface area contributed by atoms with Crippen LogP contribution in [0.4, 0.5) is 0 Å². The van der Waals surface area contributed by atoms with Crippen LogP contribution < -0.4 is 10.1 Å². The van der Waals surface area contributed by atoms with E-state index in [2.05, 4.69) is 26.2 Å². The molecule has 0 saturated heterocycles. The number of pyridine rings is 1. The maximum atomic E-state index is 12.3. The van der Waals surface area contributed by atoms with Crippen LogP contribution in [0.25, 0.3) is 0 Å². The lowest BCUT2D eigenvalue weighted by molar-refractivity contribution is 0.0890. The molecule has 1 aliphatic rings. The molecule has 0 bridgehead atoms. The Hall–Kier alpha value is -1.88. The van der Waals surface area contributed by atoms with Gasteiger partial charge < -0.3 is 10.1 Å². The Kier molecular flexibility index (Phi) is 5.51. The molecule has 5 heteroatoms. The molecule has 1 saturated carbocycles. The number of nitrogens with one attached hydrogen (secondary N) is 1. The standard InChI is InChI=1S/C19H21BrN2O2/c1-13-5-10-18(21-12-13)24-17-8-6-16(7-9-17)22-19(23)14-3-2-4-15(20)11-14/h2-5,10-12,16-17H,6-9H2,1H3,(H,22,23). The summed E-state index contributed by atoms with van der Waals surface area (Å²) in [5.74, 6) is 0.670. The molecule has 24 heavy (non-hydrogen) atoms. The number of ether oxygens (including phenoxy) is 1. The molecule has 1 aromatic carbocycles. The molecule has 4 nitrogen and oxygen atoms in total. The van der Waals surface area contributed by atoms with Crippen molar-refractivity contribution in [1.82, 2.24) is 10.3 Å². The second-order valence-corrected chi connectivity index (χ2v) is 7.16. The lowest BCUT2D eigenvalue weighted by Crippen LogP contribution is -2.39. The highest BCUT2D eigenvalue weighted by Gasteiger charge is 2.24. The summed E-state index contributed by atoms with van der Waals surface area (Å²) in [7, 11) is 0. The van der Waals surface area contributed by atoms with E-state index in [1.54, 1.807) is 0 Å². The Balaban J connectivity index is 1.48. The van der Waals surface area contributed by atoms with E-state index in [9.17, 15) is 4.79 Å². The number of hydrogen-bond donors (Lipinski definition) is 1. The molecule has 0 radical (unpaired) electrons. The van der Waals surface area contributed by atoms with Crippen molar-refractivity contribution >= 4 is 21.8 Å². The number of amides is 1. The first-order valence-electron chi connectivity index (χ1n) is 8.26. The number of nitrogens with zero attached hydrogens (tertiary/aromatic N) is 1. The smallest absolute Gasteiger partial charge is 0.251 e. The summed E-state index contributed by atoms with van der Waals surface area (Å²) in [4.78, 5) is 16.6. The first kappa shape index (κ1) is 17.0. The Morgan fingerprint density at radius 2 is 2.00 bits per heavy atom. The minimum Gasteiger partial charge on any atom is -0.474 e. The topological polar surface area (TPSA) is 51.2 Å². The van der Waals surface area contributed by atoms with E-state index in [1.807, 2.05) is 49.5 Å². The number of halogens is 1. The average molecular weight is 389 g/mol. The van der Waals surface area contributed by atoms with E-state index >= 15 is 0 Å². The van der Waals surface area contributed by atoms with Gasteiger partial charge in [-0.3, -0.25) is 4.79 Å². The fraction of sp³-hybridized carbons (Fsp3) is 0.368. The molecular weight excluding hydrogens is 368 g/mol. The van der Waals surface area contributed by atoms with E-state index in [4.69, 9.17) is 4.74 Å². The molecule has 0 unspecified atom stereocenters. The van der Waals surface area contributed by atoms with Crippen LogP contribution in [0.1, 0.15) is 41.6 Å². The highest BCUT2D eigenvalue weighted by Crippen LogP contribution is 2.23. The fourth-order valence-corrected chi connectivity index (χ4v) is 3.32. The van der Waals surface area contributed by atoms with Gasteiger partial charge in [0.25, 0.3) is 5.91 Å². The largest absolute Gasteiger partial charge is 0.474 e. The Labute approximate surface area is 150 Å². The molecule has 0 aliphatic heterocycles. The van der Waals surface area contributed by atoms with Crippen molar-refractivity contribution in [1.29, 1.82) is 0 Å². The van der Waals surface area contributed by atoms with E-state index in [0.29, 0.717) is 11.4 Å². The van der Waals surface area contributed by atoms with Crippen molar-refractivity contribution in [3.8, 4) is 5.88 Å². The molecular formula is C19H21BrN2O2. The molecule has 1 heterocycles. The predicted molar refractivity (Wildman–Crippen MR) is 97.3 cm³/mol. The summed E-state index contributed by atoms with van der Waals surface area (Å²) in [6.45, 7) is 2.01. The number of carbonyl (C=O) groups is 1. The zero-order chi connectivity index (χ0) is 16.9. The molecule has 1 aromatic heterocycles. The molecule has 3 rings (SSSR count). The molecule has 0 spiro atoms. The molecule has 1 N–H and O–H groups in total. The van der Waals surface area contributed by atoms with Gasteiger partial charge in [-0.2, -0.15) is 0 Å². The van der Waals surface area contributed by atoms with Crippen LogP contribution in [0.2, 0.25) is 0 Å². The number of aromatic nitrogens is 1. The van der Waals surface area contributed by atoms with Gasteiger partial charge >= 0.3 is 0 Å². The minimum atomic E-state index is -0.0131. The number of hydrogen-bond acceptors (Lipinski definition) is 3. The van der Waals surface area contributed by atoms with Gasteiger partial charge in [-0.05, 0) is 56.4 Å². The van der Waals surface area contributed by atoms with Crippen LogP contribution in [0.5, 0.6) is 5.88 Å². The van der Waals surface area contributed by atoms with Gasteiger partial charge in [0.05, 0.1) is 0 Å². The lowest BCUT2D eigenvalue weighted by atomic mass is 9.92. The highest BCUT2D eigenvalue weighted by atomic mass is 79.9. The summed E-state index contributed by atoms with van der Waals surface area (Å²) in [5.41, 5.74) is 1.81. The third kappa shape index (κ3) is 4.57. The number of aryl methyl sites for hydroxylation is 1. The predicted octanol–water partition coefficient (Wildman–Crippen LogP) is 4.27. The quantitative estimate of drug-likeness (QED) is 0.850. The maximum Gasteiger partial charge on any atom is 0.251 e. The van der Waals surface area contributed by atoms with Crippen LogP contribution in [0, 0.1) is 6.92 Å². The summed E-state index contributed by atoms with van der Waals surface area (Å²) < 4.78 is 6.85. The summed E-state index contributed by atoms with van der Waals surface area (Å²) in [5, 5.41) is 3.12. The maximum absolute atomic E-state index is 12.3. The van der Waals surface area contributed by atoms with Crippen LogP contribution in [-0.4, -0.2) is 23.0 Å². The van der Waals surface area contributed by atoms with Gasteiger partial charge in [-0.25, -0.2) is 4.98 Å². The second-order valence-electron chi connectivity index (χ2n) is 6.25. The molecule has 0 atom stereocenters. The molecule has 126 valence electrons. The van der Waals surface area contributed by atoms with Crippen LogP contribution in [-0.2, 0) is 0 Å². The fourth-order valence-electron chi connectivity index (χ4n) is 2.92. The van der Waals surface area contributed by atoms with E-state index in [0.717, 1.165) is 35.7 Å². The Morgan fingerprint density at radius 1 is 1.21 bits per heavy atom. The van der Waals surface area contributed by atoms with Gasteiger partial charge in [0, 0.05) is 28.3 Å². The Bertz CT molecular complexity index is 695. The zero-order valence-electron chi connectivity index (χ0n) is 13.7. The van der Waals surface area contributed by atoms with Crippen molar-refractivity contribution < 1.29 is 9.53 Å². The van der Waals surface area contributed by atoms with Crippen molar-refractivity contribution in [3.63, 3.8) is 0 Å². The van der Waals surface area contributed by atoms with Gasteiger partial charge in [0.15, 0.2) is 0 Å². The SMILES string of the molecule is Cc1ccc(OC2CCC(NC(=O)c3cccc(Br)c3)CC2)nc1. The van der Waals surface area contributed by atoms with Crippen molar-refractivity contribution in [3.05, 3.63) is 58.2 Å². The van der Waals surface area contributed by atoms with Crippen LogP contribution >= 0.6 is 15.9 Å². The Morgan fingerprint density at radius 3 is 2.67 bits per heavy atom. The van der Waals surface area contributed by atoms with Gasteiger partial charge in [0.1, 0.15) is 6.10 Å². The molecule has 1 fully saturated rings. The van der Waals surface area contributed by atoms with Crippen molar-refractivity contribution in [2.45, 2.75) is 44.8 Å². The minimum absolute atomic E-state index is 0.0131. The monoisotopic (exact) mass is 388 g/mol. The number of carbonyl (C=O) groups excluding carboxylic acids is 1. The normalized spacial score (nSPS) is 20.4. The zero-order valence-corrected chi connectivity index (χ0v) is 15.3. The van der Waals surface area contributed by atoms with Gasteiger partial charge in [-0.1, -0.05) is 28.1 Å². The first-order valence-corrected chi connectivity index (χ1v) is 9.05. The third-order valence-electron chi connectivity index (χ3n) is 4.27. The molecule has 2 aromatic rings. The molecule has 1 amide bonds. The van der Waals surface area contributed by atoms with E-state index in [-0.39, 0.29) is 18.1 Å². The van der Waals surface area contributed by atoms with E-state index < -0.39 is 0 Å². The molecule has 1 aliphatic carbocycles. The first-order chi connectivity index (χ1) is 11.6. The van der Waals surface area contributed by atoms with Crippen LogP contribution in [0.3, 0.4) is 0 Å².